The molecule has 7 nitrogen and oxygen atoms in total. The van der Waals surface area contributed by atoms with Gasteiger partial charge in [0, 0.05) is 25.7 Å². The van der Waals surface area contributed by atoms with E-state index in [2.05, 4.69) is 34.3 Å². The molecule has 4 rings (SSSR count). The van der Waals surface area contributed by atoms with Gasteiger partial charge in [0.2, 0.25) is 0 Å². The summed E-state index contributed by atoms with van der Waals surface area (Å²) in [6.45, 7) is 9.75. The average molecular weight is 408 g/mol. The smallest absolute Gasteiger partial charge is 0.410 e. The monoisotopic (exact) mass is 407 g/mol. The number of amides is 1. The molecule has 1 fully saturated rings. The fourth-order valence-corrected chi connectivity index (χ4v) is 3.99. The second-order valence-corrected chi connectivity index (χ2v) is 8.82. The largest absolute Gasteiger partial charge is 0.444 e. The summed E-state index contributed by atoms with van der Waals surface area (Å²) >= 11 is 0. The van der Waals surface area contributed by atoms with Gasteiger partial charge in [0.1, 0.15) is 17.3 Å². The van der Waals surface area contributed by atoms with Crippen molar-refractivity contribution in [3.05, 3.63) is 60.2 Å². The maximum Gasteiger partial charge on any atom is 0.410 e. The van der Waals surface area contributed by atoms with Crippen LogP contribution < -0.4 is 0 Å². The first-order chi connectivity index (χ1) is 14.3. The predicted molar refractivity (Wildman–Crippen MR) is 116 cm³/mol. The maximum absolute atomic E-state index is 12.6. The molecule has 1 aromatic heterocycles. The van der Waals surface area contributed by atoms with Gasteiger partial charge in [-0.15, -0.1) is 5.10 Å². The van der Waals surface area contributed by atoms with E-state index in [1.807, 2.05) is 67.9 Å². The first-order valence-electron chi connectivity index (χ1n) is 10.4. The van der Waals surface area contributed by atoms with Gasteiger partial charge in [-0.1, -0.05) is 47.7 Å². The van der Waals surface area contributed by atoms with Gasteiger partial charge >= 0.3 is 6.09 Å². The Labute approximate surface area is 177 Å². The zero-order valence-electron chi connectivity index (χ0n) is 18.0. The van der Waals surface area contributed by atoms with Gasteiger partial charge in [-0.2, -0.15) is 0 Å². The fraction of sp³-hybridized carbons (Fsp3) is 0.435. The highest BCUT2D eigenvalue weighted by molar-refractivity contribution is 5.74. The number of benzene rings is 2. The van der Waals surface area contributed by atoms with Crippen molar-refractivity contribution >= 4 is 17.1 Å². The van der Waals surface area contributed by atoms with Crippen LogP contribution in [-0.4, -0.2) is 62.2 Å². The molecule has 1 amide bonds. The van der Waals surface area contributed by atoms with Gasteiger partial charge in [0.25, 0.3) is 0 Å². The number of nitrogens with zero attached hydrogens (tertiary/aromatic N) is 5. The Morgan fingerprint density at radius 1 is 1.07 bits per heavy atom. The van der Waals surface area contributed by atoms with Crippen LogP contribution in [-0.2, 0) is 4.74 Å². The van der Waals surface area contributed by atoms with Gasteiger partial charge in [0.05, 0.1) is 5.52 Å². The molecular formula is C23H29N5O2. The molecule has 2 atom stereocenters. The molecule has 0 saturated carbocycles. The average Bonchev–Trinajstić information content (AvgIpc) is 3.13. The lowest BCUT2D eigenvalue weighted by atomic mass is 10.1. The van der Waals surface area contributed by atoms with Crippen LogP contribution in [0.5, 0.6) is 0 Å². The molecule has 1 aliphatic rings. The van der Waals surface area contributed by atoms with Crippen molar-refractivity contribution in [2.24, 2.45) is 0 Å². The first-order valence-corrected chi connectivity index (χ1v) is 10.4. The third kappa shape index (κ3) is 4.16. The third-order valence-corrected chi connectivity index (χ3v) is 5.35. The summed E-state index contributed by atoms with van der Waals surface area (Å²) in [6, 6.07) is 18.5. The fourth-order valence-electron chi connectivity index (χ4n) is 3.99. The number of hydrogen-bond donors (Lipinski definition) is 0. The molecule has 1 unspecified atom stereocenters. The summed E-state index contributed by atoms with van der Waals surface area (Å²) in [5, 5.41) is 8.87. The van der Waals surface area contributed by atoms with E-state index in [0.717, 1.165) is 16.6 Å². The summed E-state index contributed by atoms with van der Waals surface area (Å²) in [7, 11) is 0. The molecule has 7 heteroatoms. The molecule has 1 saturated heterocycles. The zero-order valence-corrected chi connectivity index (χ0v) is 18.0. The van der Waals surface area contributed by atoms with E-state index >= 15 is 0 Å². The Morgan fingerprint density at radius 2 is 1.77 bits per heavy atom. The molecule has 2 heterocycles. The summed E-state index contributed by atoms with van der Waals surface area (Å²) in [5.74, 6) is 0. The summed E-state index contributed by atoms with van der Waals surface area (Å²) in [5.41, 5.74) is 2.52. The standard InChI is InChI=1S/C23H29N5O2/c1-17-16-26(22(29)30-23(2,3)4)14-15-27(17)21(18-10-6-5-7-11-18)28-20-13-9-8-12-19(20)24-25-28/h5-13,17,21H,14-16H2,1-4H3/t17-,21?/m0/s1. The Bertz CT molecular complexity index is 1010. The van der Waals surface area contributed by atoms with Crippen LogP contribution >= 0.6 is 0 Å². The van der Waals surface area contributed by atoms with Gasteiger partial charge in [-0.3, -0.25) is 4.90 Å². The molecule has 1 aliphatic heterocycles. The van der Waals surface area contributed by atoms with Crippen molar-refractivity contribution in [3.8, 4) is 0 Å². The highest BCUT2D eigenvalue weighted by Gasteiger charge is 2.35. The van der Waals surface area contributed by atoms with Gasteiger partial charge in [0.15, 0.2) is 0 Å². The third-order valence-electron chi connectivity index (χ3n) is 5.35. The highest BCUT2D eigenvalue weighted by atomic mass is 16.6. The molecule has 30 heavy (non-hydrogen) atoms. The van der Waals surface area contributed by atoms with Crippen LogP contribution in [0.4, 0.5) is 4.79 Å². The van der Waals surface area contributed by atoms with Gasteiger partial charge in [-0.25, -0.2) is 9.48 Å². The lowest BCUT2D eigenvalue weighted by Gasteiger charge is -2.43. The van der Waals surface area contributed by atoms with E-state index < -0.39 is 5.60 Å². The minimum absolute atomic E-state index is 0.102. The van der Waals surface area contributed by atoms with Crippen LogP contribution in [0.15, 0.2) is 54.6 Å². The number of carbonyl (C=O) groups excluding carboxylic acids is 1. The Morgan fingerprint density at radius 3 is 2.47 bits per heavy atom. The molecule has 0 N–H and O–H groups in total. The van der Waals surface area contributed by atoms with Crippen LogP contribution in [0.25, 0.3) is 11.0 Å². The van der Waals surface area contributed by atoms with E-state index in [-0.39, 0.29) is 18.3 Å². The quantitative estimate of drug-likeness (QED) is 0.658. The second-order valence-electron chi connectivity index (χ2n) is 8.82. The van der Waals surface area contributed by atoms with Crippen LogP contribution in [0.1, 0.15) is 39.4 Å². The van der Waals surface area contributed by atoms with Crippen LogP contribution in [0, 0.1) is 0 Å². The van der Waals surface area contributed by atoms with Crippen molar-refractivity contribution in [2.75, 3.05) is 19.6 Å². The number of piperazine rings is 1. The number of ether oxygens (including phenoxy) is 1. The van der Waals surface area contributed by atoms with Crippen LogP contribution in [0.3, 0.4) is 0 Å². The molecular weight excluding hydrogens is 378 g/mol. The Hall–Kier alpha value is -2.93. The number of para-hydroxylation sites is 1. The van der Waals surface area contributed by atoms with E-state index in [4.69, 9.17) is 4.74 Å². The summed E-state index contributed by atoms with van der Waals surface area (Å²) in [4.78, 5) is 16.8. The first kappa shape index (κ1) is 20.3. The molecule has 158 valence electrons. The Balaban J connectivity index is 1.64. The molecule has 2 aromatic carbocycles. The predicted octanol–water partition coefficient (Wildman–Crippen LogP) is 3.92. The minimum Gasteiger partial charge on any atom is -0.444 e. The molecule has 0 radical (unpaired) electrons. The van der Waals surface area contributed by atoms with Crippen molar-refractivity contribution in [2.45, 2.75) is 45.5 Å². The normalized spacial score (nSPS) is 19.1. The topological polar surface area (TPSA) is 63.5 Å². The van der Waals surface area contributed by atoms with E-state index in [1.54, 1.807) is 4.90 Å². The van der Waals surface area contributed by atoms with E-state index in [9.17, 15) is 4.79 Å². The second kappa shape index (κ2) is 8.07. The SMILES string of the molecule is C[C@H]1CN(C(=O)OC(C)(C)C)CCN1C(c1ccccc1)n1nnc2ccccc21. The van der Waals surface area contributed by atoms with Crippen molar-refractivity contribution in [1.29, 1.82) is 0 Å². The van der Waals surface area contributed by atoms with Crippen LogP contribution in [0.2, 0.25) is 0 Å². The number of aromatic nitrogens is 3. The maximum atomic E-state index is 12.6. The summed E-state index contributed by atoms with van der Waals surface area (Å²) < 4.78 is 7.57. The molecule has 0 bridgehead atoms. The van der Waals surface area contributed by atoms with E-state index in [0.29, 0.717) is 19.6 Å². The number of carbonyl (C=O) groups is 1. The van der Waals surface area contributed by atoms with Crippen molar-refractivity contribution in [3.63, 3.8) is 0 Å². The number of rotatable bonds is 3. The van der Waals surface area contributed by atoms with Crippen molar-refractivity contribution < 1.29 is 9.53 Å². The van der Waals surface area contributed by atoms with Gasteiger partial charge < -0.3 is 9.64 Å². The van der Waals surface area contributed by atoms with Gasteiger partial charge in [-0.05, 0) is 45.4 Å². The number of hydrogen-bond acceptors (Lipinski definition) is 5. The lowest BCUT2D eigenvalue weighted by Crippen LogP contribution is -2.56. The highest BCUT2D eigenvalue weighted by Crippen LogP contribution is 2.29. The number of fused-ring (bicyclic) bond motifs is 1. The Kier molecular flexibility index (Phi) is 5.47. The molecule has 0 spiro atoms. The van der Waals surface area contributed by atoms with Crippen molar-refractivity contribution in [1.82, 2.24) is 24.8 Å². The molecule has 0 aliphatic carbocycles. The minimum atomic E-state index is -0.496. The lowest BCUT2D eigenvalue weighted by molar-refractivity contribution is -0.00647. The summed E-state index contributed by atoms with van der Waals surface area (Å²) in [6.07, 6.45) is -0.356. The molecule has 3 aromatic rings. The zero-order chi connectivity index (χ0) is 21.3. The van der Waals surface area contributed by atoms with E-state index in [1.165, 1.54) is 0 Å².